The highest BCUT2D eigenvalue weighted by Gasteiger charge is 2.23. The third kappa shape index (κ3) is 9.81. The molecule has 4 rings (SSSR count). The van der Waals surface area contributed by atoms with Crippen LogP contribution < -0.4 is 22.9 Å². The summed E-state index contributed by atoms with van der Waals surface area (Å²) < 4.78 is 45.6. The fourth-order valence-corrected chi connectivity index (χ4v) is 6.20. The molecule has 0 aliphatic heterocycles. The van der Waals surface area contributed by atoms with E-state index < -0.39 is 24.0 Å². The van der Waals surface area contributed by atoms with E-state index in [2.05, 4.69) is 26.4 Å². The molecule has 0 bridgehead atoms. The molecule has 264 valence electrons. The van der Waals surface area contributed by atoms with Crippen LogP contribution in [0.15, 0.2) is 65.0 Å². The van der Waals surface area contributed by atoms with Crippen LogP contribution in [0.3, 0.4) is 0 Å². The summed E-state index contributed by atoms with van der Waals surface area (Å²) in [5, 5.41) is 0.507. The van der Waals surface area contributed by atoms with Crippen molar-refractivity contribution in [3.8, 4) is 16.9 Å². The summed E-state index contributed by atoms with van der Waals surface area (Å²) >= 11 is 6.26. The monoisotopic (exact) mass is 698 g/mol. The van der Waals surface area contributed by atoms with E-state index in [9.17, 15) is 9.18 Å². The second kappa shape index (κ2) is 18.1. The number of benzene rings is 2. The molecule has 0 radical (unpaired) electrons. The number of H-pyrrole nitrogens is 1. The number of aromatic amines is 1. The van der Waals surface area contributed by atoms with E-state index in [0.717, 1.165) is 24.8 Å². The number of fused-ring (bicyclic) bond motifs is 1. The summed E-state index contributed by atoms with van der Waals surface area (Å²) in [6.45, 7) is 6.89. The maximum absolute atomic E-state index is 15.9. The van der Waals surface area contributed by atoms with Gasteiger partial charge in [0.25, 0.3) is 0 Å². The summed E-state index contributed by atoms with van der Waals surface area (Å²) in [7, 11) is 0. The molecule has 2 unspecified atom stereocenters. The van der Waals surface area contributed by atoms with Gasteiger partial charge in [0.15, 0.2) is 5.82 Å². The number of hydrogen-bond donors (Lipinski definition) is 4. The number of aliphatic imine (C=N–C) groups is 1. The van der Waals surface area contributed by atoms with Crippen molar-refractivity contribution in [1.29, 1.82) is 0 Å². The topological polar surface area (TPSA) is 144 Å². The molecule has 4 aromatic rings. The van der Waals surface area contributed by atoms with Crippen LogP contribution in [0.25, 0.3) is 28.0 Å². The summed E-state index contributed by atoms with van der Waals surface area (Å²) in [5.41, 5.74) is 19.0. The van der Waals surface area contributed by atoms with Gasteiger partial charge in [-0.3, -0.25) is 18.8 Å². The van der Waals surface area contributed by atoms with Gasteiger partial charge < -0.3 is 22.2 Å². The fraction of sp³-hybridized carbons (Fsp3) is 0.417. The van der Waals surface area contributed by atoms with Crippen LogP contribution >= 0.6 is 11.6 Å². The quantitative estimate of drug-likeness (QED) is 0.0389. The van der Waals surface area contributed by atoms with Crippen molar-refractivity contribution in [3.63, 3.8) is 0 Å². The molecule has 2 atom stereocenters. The zero-order valence-corrected chi connectivity index (χ0v) is 28.7. The summed E-state index contributed by atoms with van der Waals surface area (Å²) in [5.74, 6) is -0.721. The zero-order valence-electron chi connectivity index (χ0n) is 27.9. The van der Waals surface area contributed by atoms with Crippen LogP contribution in [0.2, 0.25) is 5.02 Å². The summed E-state index contributed by atoms with van der Waals surface area (Å²) in [4.78, 5) is 26.7. The highest BCUT2D eigenvalue weighted by Crippen LogP contribution is 2.32. The van der Waals surface area contributed by atoms with Crippen molar-refractivity contribution in [2.45, 2.75) is 64.0 Å². The smallest absolute Gasteiger partial charge is 0.354 e. The molecular weight excluding hydrogens is 653 g/mol. The molecular formula is C36H46ClF3N8O. The van der Waals surface area contributed by atoms with Crippen LogP contribution in [-0.4, -0.2) is 64.2 Å². The van der Waals surface area contributed by atoms with Gasteiger partial charge in [0.05, 0.1) is 29.6 Å². The number of nitrogens with one attached hydrogen (secondary N) is 1. The molecule has 0 aliphatic carbocycles. The predicted molar refractivity (Wildman–Crippen MR) is 193 cm³/mol. The third-order valence-electron chi connectivity index (χ3n) is 8.52. The minimum atomic E-state index is -0.633. The van der Waals surface area contributed by atoms with Crippen LogP contribution in [0.5, 0.6) is 0 Å². The van der Waals surface area contributed by atoms with Gasteiger partial charge in [0, 0.05) is 54.4 Å². The van der Waals surface area contributed by atoms with Crippen molar-refractivity contribution in [3.05, 3.63) is 93.5 Å². The van der Waals surface area contributed by atoms with Crippen molar-refractivity contribution < 1.29 is 13.2 Å². The predicted octanol–water partition coefficient (Wildman–Crippen LogP) is 6.36. The molecule has 2 heterocycles. The van der Waals surface area contributed by atoms with E-state index >= 15 is 8.78 Å². The van der Waals surface area contributed by atoms with Crippen molar-refractivity contribution >= 4 is 28.5 Å². The maximum Gasteiger partial charge on any atom is 0.354 e. The number of amidine groups is 1. The van der Waals surface area contributed by atoms with Crippen molar-refractivity contribution in [2.75, 3.05) is 32.9 Å². The maximum atomic E-state index is 15.9. The van der Waals surface area contributed by atoms with Gasteiger partial charge in [-0.05, 0) is 74.4 Å². The Bertz CT molecular complexity index is 1810. The van der Waals surface area contributed by atoms with Crippen LogP contribution in [0, 0.1) is 11.6 Å². The fourth-order valence-electron chi connectivity index (χ4n) is 5.96. The second-order valence-electron chi connectivity index (χ2n) is 12.1. The van der Waals surface area contributed by atoms with Crippen molar-refractivity contribution in [1.82, 2.24) is 19.4 Å². The highest BCUT2D eigenvalue weighted by molar-refractivity contribution is 6.31. The van der Waals surface area contributed by atoms with Gasteiger partial charge in [-0.15, -0.1) is 6.58 Å². The van der Waals surface area contributed by atoms with E-state index in [1.54, 1.807) is 42.6 Å². The first-order valence-corrected chi connectivity index (χ1v) is 17.0. The molecule has 0 spiro atoms. The first kappa shape index (κ1) is 37.8. The largest absolute Gasteiger partial charge is 0.386 e. The number of nitrogens with two attached hydrogens (primary N) is 3. The number of nitrogens with zero attached hydrogens (tertiary/aromatic N) is 4. The summed E-state index contributed by atoms with van der Waals surface area (Å²) in [6.07, 6.45) is 7.78. The zero-order chi connectivity index (χ0) is 35.5. The van der Waals surface area contributed by atoms with Crippen molar-refractivity contribution in [2.24, 2.45) is 22.2 Å². The average Bonchev–Trinajstić information content (AvgIpc) is 3.50. The normalized spacial score (nSPS) is 13.3. The number of aromatic nitrogens is 3. The van der Waals surface area contributed by atoms with E-state index in [4.69, 9.17) is 28.8 Å². The number of alkyl halides is 1. The average molecular weight is 699 g/mol. The second-order valence-corrected chi connectivity index (χ2v) is 12.5. The first-order chi connectivity index (χ1) is 23.6. The number of aryl methyl sites for hydroxylation is 1. The van der Waals surface area contributed by atoms with Gasteiger partial charge in [-0.1, -0.05) is 37.1 Å². The first-order valence-electron chi connectivity index (χ1n) is 16.7. The SMILES string of the molecule is C=CC(N)CCCc1cc(Cl)c(F)c(-c2cc3cn(-c4ccc(C(CCC)N(CCCF)CCCN=C(N)CN)c(F)c4)c(=O)nc3[nH]2)c1. The molecule has 0 saturated heterocycles. The molecule has 0 fully saturated rings. The van der Waals surface area contributed by atoms with Gasteiger partial charge in [0.2, 0.25) is 0 Å². The Morgan fingerprint density at radius 2 is 1.94 bits per heavy atom. The van der Waals surface area contributed by atoms with Crippen LogP contribution in [0.4, 0.5) is 13.2 Å². The van der Waals surface area contributed by atoms with Crippen LogP contribution in [-0.2, 0) is 6.42 Å². The lowest BCUT2D eigenvalue weighted by Gasteiger charge is -2.32. The van der Waals surface area contributed by atoms with E-state index in [1.807, 2.05) is 6.92 Å². The van der Waals surface area contributed by atoms with Gasteiger partial charge in [-0.25, -0.2) is 13.6 Å². The standard InChI is InChI=1S/C36H46ClF3N8O/c1-3-8-32(47(15-6-13-38)16-7-14-44-33(43)21-41)27-12-11-26(20-30(27)39)48-22-24-19-31(45-35(24)46-36(48)49)28-17-23(18-29(37)34(28)40)9-5-10-25(42)4-2/h4,11-12,17-20,22,25,32H,2-3,5-10,13-16,21,41-42H2,1H3,(H2,43,44)(H,45,46,49). The molecule has 0 amide bonds. The Hall–Kier alpha value is -3.97. The lowest BCUT2D eigenvalue weighted by atomic mass is 9.98. The molecule has 0 aliphatic rings. The highest BCUT2D eigenvalue weighted by atomic mass is 35.5. The molecule has 2 aromatic carbocycles. The van der Waals surface area contributed by atoms with Gasteiger partial charge in [-0.2, -0.15) is 4.98 Å². The molecule has 7 N–H and O–H groups in total. The third-order valence-corrected chi connectivity index (χ3v) is 8.80. The number of hydrogen-bond acceptors (Lipinski definition) is 6. The van der Waals surface area contributed by atoms with E-state index in [-0.39, 0.29) is 40.5 Å². The van der Waals surface area contributed by atoms with Crippen LogP contribution in [0.1, 0.15) is 62.6 Å². The van der Waals surface area contributed by atoms with Gasteiger partial charge in [0.1, 0.15) is 17.3 Å². The Balaban J connectivity index is 1.62. The van der Waals surface area contributed by atoms with Gasteiger partial charge >= 0.3 is 5.69 Å². The lowest BCUT2D eigenvalue weighted by molar-refractivity contribution is 0.174. The summed E-state index contributed by atoms with van der Waals surface area (Å²) in [6, 6.07) is 9.22. The number of rotatable bonds is 19. The Labute approximate surface area is 290 Å². The Morgan fingerprint density at radius 1 is 1.16 bits per heavy atom. The minimum absolute atomic E-state index is 0.0169. The molecule has 49 heavy (non-hydrogen) atoms. The number of halogens is 4. The lowest BCUT2D eigenvalue weighted by Crippen LogP contribution is -2.32. The van der Waals surface area contributed by atoms with E-state index in [1.165, 1.54) is 10.6 Å². The molecule has 2 aromatic heterocycles. The Kier molecular flexibility index (Phi) is 14.0. The molecule has 9 nitrogen and oxygen atoms in total. The molecule has 0 saturated carbocycles. The molecule has 13 heteroatoms. The Morgan fingerprint density at radius 3 is 2.63 bits per heavy atom. The minimum Gasteiger partial charge on any atom is -0.386 e. The van der Waals surface area contributed by atoms with E-state index in [0.29, 0.717) is 67.8 Å².